The van der Waals surface area contributed by atoms with Gasteiger partial charge in [0.2, 0.25) is 0 Å². The molecule has 0 aliphatic rings. The quantitative estimate of drug-likeness (QED) is 0.488. The molecule has 0 spiro atoms. The van der Waals surface area contributed by atoms with E-state index in [1.807, 2.05) is 44.2 Å². The zero-order chi connectivity index (χ0) is 15.7. The summed E-state index contributed by atoms with van der Waals surface area (Å²) in [6.07, 6.45) is 0. The van der Waals surface area contributed by atoms with Crippen LogP contribution in [0.3, 0.4) is 0 Å². The second-order valence-corrected chi connectivity index (χ2v) is 10.5. The monoisotopic (exact) mass is 484 g/mol. The molecule has 0 aliphatic heterocycles. The summed E-state index contributed by atoms with van der Waals surface area (Å²) in [5.74, 6) is 0. The summed E-state index contributed by atoms with van der Waals surface area (Å²) in [5.41, 5.74) is 0. The minimum absolute atomic E-state index is 0.402. The van der Waals surface area contributed by atoms with Crippen LogP contribution in [0.5, 0.6) is 0 Å². The zero-order valence-corrected chi connectivity index (χ0v) is 16.9. The molecule has 21 heavy (non-hydrogen) atoms. The molecule has 0 radical (unpaired) electrons. The average Bonchev–Trinajstić information content (AvgIpc) is 2.43. The van der Waals surface area contributed by atoms with Gasteiger partial charge in [0.25, 0.3) is 0 Å². The van der Waals surface area contributed by atoms with Gasteiger partial charge in [0, 0.05) is 0 Å². The van der Waals surface area contributed by atoms with Gasteiger partial charge in [-0.3, -0.25) is 0 Å². The number of hydrogen-bond donors (Lipinski definition) is 1. The summed E-state index contributed by atoms with van der Waals surface area (Å²) in [6, 6.07) is 9.93. The first-order valence-electron chi connectivity index (χ1n) is 6.75. The van der Waals surface area contributed by atoms with E-state index in [-0.39, 0.29) is 0 Å². The van der Waals surface area contributed by atoms with Gasteiger partial charge in [0.1, 0.15) is 0 Å². The van der Waals surface area contributed by atoms with Crippen molar-refractivity contribution in [3.05, 3.63) is 38.4 Å². The molecule has 0 heterocycles. The van der Waals surface area contributed by atoms with E-state index in [1.165, 1.54) is 0 Å². The van der Waals surface area contributed by atoms with E-state index in [1.54, 1.807) is 6.66 Å². The second kappa shape index (κ2) is 6.38. The van der Waals surface area contributed by atoms with Crippen molar-refractivity contribution in [3.63, 3.8) is 0 Å². The maximum atomic E-state index is 11.1. The molecular weight excluding hydrogens is 466 g/mol. The van der Waals surface area contributed by atoms with Crippen molar-refractivity contribution < 1.29 is 13.9 Å². The van der Waals surface area contributed by atoms with E-state index in [2.05, 4.69) is 38.5 Å². The molecule has 0 amide bonds. The van der Waals surface area contributed by atoms with E-state index in [4.69, 9.17) is 9.05 Å². The Morgan fingerprint density at radius 2 is 1.76 bits per heavy atom. The van der Waals surface area contributed by atoms with Crippen LogP contribution in [0.2, 0.25) is 0 Å². The normalized spacial score (nSPS) is 14.1. The van der Waals surface area contributed by atoms with Gasteiger partial charge in [-0.2, -0.15) is 0 Å². The Morgan fingerprint density at radius 3 is 2.33 bits per heavy atom. The van der Waals surface area contributed by atoms with Crippen molar-refractivity contribution in [2.45, 2.75) is 13.8 Å². The van der Waals surface area contributed by atoms with Crippen LogP contribution in [-0.2, 0) is 9.05 Å². The standard InChI is InChI=1S/C15H19BrIO3P/c1-4-19-21(3,18,20-5-2)12-7-8-13-11(10-12)6-9-14(17)15(13)16/h6-10,18H,4-5H2,1-3H3. The second-order valence-electron chi connectivity index (χ2n) is 4.91. The molecule has 2 aromatic carbocycles. The average molecular weight is 485 g/mol. The zero-order valence-electron chi connectivity index (χ0n) is 12.3. The molecule has 0 aliphatic carbocycles. The van der Waals surface area contributed by atoms with Crippen molar-refractivity contribution in [1.29, 1.82) is 0 Å². The Kier molecular flexibility index (Phi) is 5.34. The van der Waals surface area contributed by atoms with Crippen molar-refractivity contribution in [1.82, 2.24) is 0 Å². The molecule has 0 saturated carbocycles. The topological polar surface area (TPSA) is 38.7 Å². The Morgan fingerprint density at radius 1 is 1.14 bits per heavy atom. The van der Waals surface area contributed by atoms with Crippen molar-refractivity contribution in [2.24, 2.45) is 0 Å². The summed E-state index contributed by atoms with van der Waals surface area (Å²) >= 11 is 5.90. The molecule has 2 aromatic rings. The Balaban J connectivity index is 2.63. The molecule has 0 atom stereocenters. The van der Waals surface area contributed by atoms with E-state index in [0.29, 0.717) is 18.5 Å². The third kappa shape index (κ3) is 3.43. The number of hydrogen-bond acceptors (Lipinski definition) is 3. The molecule has 0 fully saturated rings. The van der Waals surface area contributed by atoms with E-state index in [9.17, 15) is 4.89 Å². The number of halogens is 2. The van der Waals surface area contributed by atoms with Crippen LogP contribution in [0, 0.1) is 3.57 Å². The number of rotatable bonds is 5. The van der Waals surface area contributed by atoms with E-state index in [0.717, 1.165) is 18.8 Å². The van der Waals surface area contributed by atoms with Crippen molar-refractivity contribution in [2.75, 3.05) is 19.9 Å². The summed E-state index contributed by atoms with van der Waals surface area (Å²) in [4.78, 5) is 11.1. The van der Waals surface area contributed by atoms with Crippen molar-refractivity contribution in [3.8, 4) is 0 Å². The van der Waals surface area contributed by atoms with Gasteiger partial charge in [-0.25, -0.2) is 0 Å². The molecule has 3 nitrogen and oxygen atoms in total. The summed E-state index contributed by atoms with van der Waals surface area (Å²) in [5, 5.41) is 2.87. The maximum absolute atomic E-state index is 11.1. The van der Waals surface area contributed by atoms with Crippen LogP contribution >= 0.6 is 45.8 Å². The molecular formula is C15H19BrIO3P. The number of benzene rings is 2. The summed E-state index contributed by atoms with van der Waals surface area (Å²) in [7, 11) is -3.77. The third-order valence-corrected chi connectivity index (χ3v) is 9.02. The minimum atomic E-state index is -3.77. The molecule has 0 saturated heterocycles. The van der Waals surface area contributed by atoms with Crippen LogP contribution in [0.1, 0.15) is 13.8 Å². The SMILES string of the molecule is CCOP(C)(O)(OCC)c1ccc2c(Br)c(I)ccc2c1. The molecule has 0 unspecified atom stereocenters. The first kappa shape index (κ1) is 17.6. The van der Waals surface area contributed by atoms with E-state index < -0.39 is 7.28 Å². The van der Waals surface area contributed by atoms with Crippen molar-refractivity contribution >= 4 is 61.9 Å². The van der Waals surface area contributed by atoms with Crippen LogP contribution in [-0.4, -0.2) is 24.8 Å². The fourth-order valence-corrected chi connectivity index (χ4v) is 5.76. The molecule has 1 N–H and O–H groups in total. The molecule has 2 rings (SSSR count). The Labute approximate surface area is 147 Å². The van der Waals surface area contributed by atoms with Crippen LogP contribution in [0.25, 0.3) is 10.8 Å². The van der Waals surface area contributed by atoms with Gasteiger partial charge in [0.05, 0.1) is 0 Å². The predicted octanol–water partition coefficient (Wildman–Crippen LogP) is 4.83. The first-order valence-corrected chi connectivity index (χ1v) is 11.1. The third-order valence-electron chi connectivity index (χ3n) is 3.34. The summed E-state index contributed by atoms with van der Waals surface area (Å²) in [6.45, 7) is 6.21. The van der Waals surface area contributed by atoms with Gasteiger partial charge in [-0.1, -0.05) is 0 Å². The van der Waals surface area contributed by atoms with Gasteiger partial charge < -0.3 is 0 Å². The molecule has 6 heteroatoms. The fraction of sp³-hybridized carbons (Fsp3) is 0.333. The van der Waals surface area contributed by atoms with Crippen LogP contribution < -0.4 is 5.30 Å². The van der Waals surface area contributed by atoms with Gasteiger partial charge in [0.15, 0.2) is 0 Å². The Bertz CT molecular complexity index is 665. The molecule has 0 aromatic heterocycles. The summed E-state index contributed by atoms with van der Waals surface area (Å²) < 4.78 is 13.6. The van der Waals surface area contributed by atoms with Crippen LogP contribution in [0.4, 0.5) is 0 Å². The number of fused-ring (bicyclic) bond motifs is 1. The van der Waals surface area contributed by atoms with Gasteiger partial charge in [-0.05, 0) is 0 Å². The molecule has 116 valence electrons. The van der Waals surface area contributed by atoms with E-state index >= 15 is 0 Å². The Hall–Kier alpha value is 0.220. The van der Waals surface area contributed by atoms with Gasteiger partial charge >= 0.3 is 148 Å². The van der Waals surface area contributed by atoms with Gasteiger partial charge in [-0.15, -0.1) is 0 Å². The first-order chi connectivity index (χ1) is 9.80. The fourth-order valence-electron chi connectivity index (χ4n) is 2.36. The van der Waals surface area contributed by atoms with Crippen LogP contribution in [0.15, 0.2) is 34.8 Å². The molecule has 0 bridgehead atoms. The predicted molar refractivity (Wildman–Crippen MR) is 102 cm³/mol.